The summed E-state index contributed by atoms with van der Waals surface area (Å²) in [7, 11) is 0. The van der Waals surface area contributed by atoms with Crippen molar-refractivity contribution in [3.8, 4) is 11.3 Å². The van der Waals surface area contributed by atoms with E-state index in [2.05, 4.69) is 31.2 Å². The Kier molecular flexibility index (Phi) is 7.96. The summed E-state index contributed by atoms with van der Waals surface area (Å²) in [5, 5.41) is 0. The predicted molar refractivity (Wildman–Crippen MR) is 71.6 cm³/mol. The standard InChI is InChI=1S/C11H10O.2C2H6/c1-9-4-6-10(7-5-9)11-3-2-8-12-11;2*1-2/h2-8H,1H3;2*1-2H3. The van der Waals surface area contributed by atoms with Gasteiger partial charge in [0.1, 0.15) is 5.76 Å². The molecule has 16 heavy (non-hydrogen) atoms. The molecule has 2 rings (SSSR count). The van der Waals surface area contributed by atoms with Crippen LogP contribution in [0.2, 0.25) is 0 Å². The van der Waals surface area contributed by atoms with Crippen molar-refractivity contribution in [2.45, 2.75) is 34.6 Å². The zero-order valence-corrected chi connectivity index (χ0v) is 10.9. The second-order valence-electron chi connectivity index (χ2n) is 2.84. The minimum absolute atomic E-state index is 0.926. The van der Waals surface area contributed by atoms with Gasteiger partial charge in [-0.1, -0.05) is 57.5 Å². The maximum absolute atomic E-state index is 5.26. The third-order valence-corrected chi connectivity index (χ3v) is 1.86. The van der Waals surface area contributed by atoms with Crippen LogP contribution in [0.4, 0.5) is 0 Å². The van der Waals surface area contributed by atoms with Gasteiger partial charge in [0.05, 0.1) is 6.26 Å². The molecule has 0 N–H and O–H groups in total. The highest BCUT2D eigenvalue weighted by molar-refractivity contribution is 5.57. The predicted octanol–water partition coefficient (Wildman–Crippen LogP) is 5.31. The van der Waals surface area contributed by atoms with Crippen LogP contribution in [0, 0.1) is 6.92 Å². The Hall–Kier alpha value is -1.50. The zero-order chi connectivity index (χ0) is 12.4. The Morgan fingerprint density at radius 1 is 0.812 bits per heavy atom. The van der Waals surface area contributed by atoms with Gasteiger partial charge in [0.25, 0.3) is 0 Å². The summed E-state index contributed by atoms with van der Waals surface area (Å²) >= 11 is 0. The summed E-state index contributed by atoms with van der Waals surface area (Å²) in [5.74, 6) is 0.926. The molecule has 0 saturated heterocycles. The molecule has 0 aliphatic heterocycles. The number of benzene rings is 1. The van der Waals surface area contributed by atoms with E-state index in [1.807, 2.05) is 39.8 Å². The largest absolute Gasteiger partial charge is 0.464 e. The Labute approximate surface area is 99.1 Å². The van der Waals surface area contributed by atoms with Crippen LogP contribution in [-0.4, -0.2) is 0 Å². The van der Waals surface area contributed by atoms with Crippen molar-refractivity contribution in [3.63, 3.8) is 0 Å². The summed E-state index contributed by atoms with van der Waals surface area (Å²) in [5.41, 5.74) is 2.40. The molecule has 0 bridgehead atoms. The van der Waals surface area contributed by atoms with E-state index in [0.717, 1.165) is 11.3 Å². The van der Waals surface area contributed by atoms with Gasteiger partial charge in [0.2, 0.25) is 0 Å². The van der Waals surface area contributed by atoms with E-state index in [-0.39, 0.29) is 0 Å². The van der Waals surface area contributed by atoms with E-state index in [9.17, 15) is 0 Å². The molecule has 0 spiro atoms. The monoisotopic (exact) mass is 218 g/mol. The van der Waals surface area contributed by atoms with Crippen LogP contribution in [-0.2, 0) is 0 Å². The van der Waals surface area contributed by atoms with E-state index in [1.54, 1.807) is 6.26 Å². The maximum atomic E-state index is 5.26. The van der Waals surface area contributed by atoms with E-state index < -0.39 is 0 Å². The lowest BCUT2D eigenvalue weighted by atomic mass is 10.1. The molecule has 0 aliphatic rings. The van der Waals surface area contributed by atoms with Crippen molar-refractivity contribution in [1.82, 2.24) is 0 Å². The lowest BCUT2D eigenvalue weighted by Gasteiger charge is -1.96. The Bertz CT molecular complexity index is 343. The molecule has 0 aliphatic carbocycles. The molecule has 1 heteroatoms. The van der Waals surface area contributed by atoms with Crippen molar-refractivity contribution in [2.75, 3.05) is 0 Å². The van der Waals surface area contributed by atoms with Crippen molar-refractivity contribution in [1.29, 1.82) is 0 Å². The molecule has 1 nitrogen and oxygen atoms in total. The van der Waals surface area contributed by atoms with E-state index in [1.165, 1.54) is 5.56 Å². The van der Waals surface area contributed by atoms with E-state index >= 15 is 0 Å². The molecule has 1 heterocycles. The molecular formula is C15H22O. The molecule has 0 unspecified atom stereocenters. The molecule has 1 aromatic heterocycles. The van der Waals surface area contributed by atoms with Crippen molar-refractivity contribution in [3.05, 3.63) is 48.2 Å². The summed E-state index contributed by atoms with van der Waals surface area (Å²) in [6.07, 6.45) is 1.69. The van der Waals surface area contributed by atoms with Crippen LogP contribution in [0.25, 0.3) is 11.3 Å². The van der Waals surface area contributed by atoms with Gasteiger partial charge in [-0.15, -0.1) is 0 Å². The lowest BCUT2D eigenvalue weighted by molar-refractivity contribution is 0.582. The maximum Gasteiger partial charge on any atom is 0.133 e. The fraction of sp³-hybridized carbons (Fsp3) is 0.333. The lowest BCUT2D eigenvalue weighted by Crippen LogP contribution is -1.73. The molecule has 1 aromatic carbocycles. The Balaban J connectivity index is 0.000000509. The number of hydrogen-bond donors (Lipinski definition) is 0. The number of rotatable bonds is 1. The van der Waals surface area contributed by atoms with Crippen LogP contribution in [0.3, 0.4) is 0 Å². The highest BCUT2D eigenvalue weighted by Crippen LogP contribution is 2.19. The Morgan fingerprint density at radius 3 is 1.81 bits per heavy atom. The Morgan fingerprint density at radius 2 is 1.38 bits per heavy atom. The molecule has 2 aromatic rings. The molecule has 0 amide bonds. The van der Waals surface area contributed by atoms with Crippen LogP contribution in [0.15, 0.2) is 47.1 Å². The van der Waals surface area contributed by atoms with Gasteiger partial charge in [-0.3, -0.25) is 0 Å². The van der Waals surface area contributed by atoms with Gasteiger partial charge in [0.15, 0.2) is 0 Å². The van der Waals surface area contributed by atoms with Crippen LogP contribution < -0.4 is 0 Å². The molecule has 0 atom stereocenters. The summed E-state index contributed by atoms with van der Waals surface area (Å²) in [6.45, 7) is 10.1. The minimum atomic E-state index is 0.926. The van der Waals surface area contributed by atoms with Gasteiger partial charge in [-0.25, -0.2) is 0 Å². The molecular weight excluding hydrogens is 196 g/mol. The first-order valence-corrected chi connectivity index (χ1v) is 5.97. The van der Waals surface area contributed by atoms with E-state index in [4.69, 9.17) is 4.42 Å². The van der Waals surface area contributed by atoms with Gasteiger partial charge in [0, 0.05) is 5.56 Å². The fourth-order valence-corrected chi connectivity index (χ4v) is 1.16. The minimum Gasteiger partial charge on any atom is -0.464 e. The smallest absolute Gasteiger partial charge is 0.133 e. The molecule has 0 saturated carbocycles. The third kappa shape index (κ3) is 4.35. The van der Waals surface area contributed by atoms with Gasteiger partial charge < -0.3 is 4.42 Å². The van der Waals surface area contributed by atoms with Crippen LogP contribution >= 0.6 is 0 Å². The van der Waals surface area contributed by atoms with Crippen molar-refractivity contribution in [2.24, 2.45) is 0 Å². The highest BCUT2D eigenvalue weighted by atomic mass is 16.3. The first kappa shape index (κ1) is 14.5. The first-order chi connectivity index (χ1) is 7.86. The normalized spacial score (nSPS) is 8.31. The van der Waals surface area contributed by atoms with E-state index in [0.29, 0.717) is 0 Å². The molecule has 88 valence electrons. The third-order valence-electron chi connectivity index (χ3n) is 1.86. The summed E-state index contributed by atoms with van der Waals surface area (Å²) in [4.78, 5) is 0. The van der Waals surface area contributed by atoms with Gasteiger partial charge >= 0.3 is 0 Å². The fourth-order valence-electron chi connectivity index (χ4n) is 1.16. The second-order valence-corrected chi connectivity index (χ2v) is 2.84. The van der Waals surface area contributed by atoms with Crippen molar-refractivity contribution >= 4 is 0 Å². The second kappa shape index (κ2) is 8.78. The highest BCUT2D eigenvalue weighted by Gasteiger charge is 1.97. The number of furan rings is 1. The van der Waals surface area contributed by atoms with Crippen LogP contribution in [0.1, 0.15) is 33.3 Å². The summed E-state index contributed by atoms with van der Waals surface area (Å²) < 4.78 is 5.26. The number of aryl methyl sites for hydroxylation is 1. The van der Waals surface area contributed by atoms with Crippen molar-refractivity contribution < 1.29 is 4.42 Å². The average molecular weight is 218 g/mol. The van der Waals surface area contributed by atoms with Gasteiger partial charge in [-0.2, -0.15) is 0 Å². The topological polar surface area (TPSA) is 13.1 Å². The first-order valence-electron chi connectivity index (χ1n) is 5.97. The average Bonchev–Trinajstić information content (AvgIpc) is 2.89. The van der Waals surface area contributed by atoms with Gasteiger partial charge in [-0.05, 0) is 19.1 Å². The quantitative estimate of drug-likeness (QED) is 0.632. The number of hydrogen-bond acceptors (Lipinski definition) is 1. The van der Waals surface area contributed by atoms with Crippen LogP contribution in [0.5, 0.6) is 0 Å². The zero-order valence-electron chi connectivity index (χ0n) is 10.9. The summed E-state index contributed by atoms with van der Waals surface area (Å²) in [6, 6.07) is 12.2. The molecule has 0 radical (unpaired) electrons. The molecule has 0 fully saturated rings. The SMILES string of the molecule is CC.CC.Cc1ccc(-c2ccco2)cc1.